The Labute approximate surface area is 362 Å². The summed E-state index contributed by atoms with van der Waals surface area (Å²) in [4.78, 5) is 38.7. The van der Waals surface area contributed by atoms with Crippen molar-refractivity contribution in [3.8, 4) is 33.9 Å². The molecular weight excluding hydrogens is 793 g/mol. The van der Waals surface area contributed by atoms with Crippen LogP contribution in [-0.2, 0) is 0 Å². The number of aromatic nitrogens is 12. The van der Waals surface area contributed by atoms with Crippen LogP contribution in [0.3, 0.4) is 0 Å². The van der Waals surface area contributed by atoms with E-state index in [4.69, 9.17) is 39.9 Å². The van der Waals surface area contributed by atoms with Gasteiger partial charge in [0.1, 0.15) is 44.1 Å². The monoisotopic (exact) mass is 822 g/mol. The second-order valence-corrected chi connectivity index (χ2v) is 15.8. The number of nitrogens with zero attached hydrogens (tertiary/aromatic N) is 12. The zero-order chi connectivity index (χ0) is 41.9. The van der Waals surface area contributed by atoms with Gasteiger partial charge in [-0.15, -0.1) is 0 Å². The molecule has 0 spiro atoms. The first-order valence-corrected chi connectivity index (χ1v) is 20.9. The van der Waals surface area contributed by atoms with E-state index in [0.717, 1.165) is 122 Å². The van der Waals surface area contributed by atoms with Crippen LogP contribution >= 0.6 is 0 Å². The lowest BCUT2D eigenvalue weighted by Crippen LogP contribution is -2.02. The second-order valence-electron chi connectivity index (χ2n) is 15.8. The summed E-state index contributed by atoms with van der Waals surface area (Å²) in [7, 11) is 0. The van der Waals surface area contributed by atoms with Crippen LogP contribution in [0, 0.1) is 0 Å². The van der Waals surface area contributed by atoms with Crippen molar-refractivity contribution in [2.45, 2.75) is 0 Å². The highest BCUT2D eigenvalue weighted by molar-refractivity contribution is 6.08. The van der Waals surface area contributed by atoms with Crippen molar-refractivity contribution in [1.82, 2.24) is 58.1 Å². The van der Waals surface area contributed by atoms with Crippen molar-refractivity contribution in [3.63, 3.8) is 0 Å². The van der Waals surface area contributed by atoms with Crippen LogP contribution in [0.4, 0.5) is 0 Å². The van der Waals surface area contributed by atoms with Crippen LogP contribution in [-0.4, -0.2) is 58.1 Å². The van der Waals surface area contributed by atoms with Gasteiger partial charge >= 0.3 is 0 Å². The Morgan fingerprint density at radius 1 is 0.219 bits per heavy atom. The SMILES string of the molecule is c1cnc2c3ncccc3n(-c3cc(-c4cc(-n5c6cccnc6c6ncccc65)cc(-n5c6cccnc6c6ncccc65)c4)cc(-n4c5cccnc5c5ncccc54)c3)c2c1. The molecule has 0 amide bonds. The van der Waals surface area contributed by atoms with Gasteiger partial charge in [-0.25, -0.2) is 0 Å². The molecular formula is C52H30N12. The Kier molecular flexibility index (Phi) is 7.11. The standard InChI is InChI=1S/C52H30N12/c1-9-37-45(53-17-1)46-38(10-2-18-54-46)61(37)33-25-31(26-34(29-33)62-39-11-3-19-55-47(39)48-40(62)12-4-20-56-48)32-27-35(63-41-13-5-21-57-49(41)50-42(63)14-6-22-58-50)30-36(28-32)64-43-15-7-23-59-51(43)52-44(64)16-8-24-60-52/h1-30H. The van der Waals surface area contributed by atoms with Crippen molar-refractivity contribution < 1.29 is 0 Å². The summed E-state index contributed by atoms with van der Waals surface area (Å²) in [6.45, 7) is 0. The predicted molar refractivity (Wildman–Crippen MR) is 252 cm³/mol. The first-order valence-electron chi connectivity index (χ1n) is 20.9. The molecule has 0 fully saturated rings. The van der Waals surface area contributed by atoms with E-state index in [1.807, 2.05) is 98.1 Å². The summed E-state index contributed by atoms with van der Waals surface area (Å²) >= 11 is 0. The van der Waals surface area contributed by atoms with Gasteiger partial charge in [-0.1, -0.05) is 0 Å². The highest BCUT2D eigenvalue weighted by atomic mass is 15.1. The number of fused-ring (bicyclic) bond motifs is 12. The van der Waals surface area contributed by atoms with Crippen molar-refractivity contribution in [2.75, 3.05) is 0 Å². The summed E-state index contributed by atoms with van der Waals surface area (Å²) in [6.07, 6.45) is 14.6. The summed E-state index contributed by atoms with van der Waals surface area (Å²) in [5, 5.41) is 0. The molecule has 2 aromatic carbocycles. The first kappa shape index (κ1) is 34.5. The minimum atomic E-state index is 0.835. The summed E-state index contributed by atoms with van der Waals surface area (Å²) < 4.78 is 9.06. The van der Waals surface area contributed by atoms with Crippen molar-refractivity contribution >= 4 is 88.3 Å². The topological polar surface area (TPSA) is 123 Å². The number of pyridine rings is 8. The van der Waals surface area contributed by atoms with Gasteiger partial charge in [0, 0.05) is 72.3 Å². The number of rotatable bonds is 5. The van der Waals surface area contributed by atoms with Crippen molar-refractivity contribution in [3.05, 3.63) is 183 Å². The molecule has 0 bridgehead atoms. The molecule has 0 aliphatic heterocycles. The third kappa shape index (κ3) is 4.87. The van der Waals surface area contributed by atoms with Crippen molar-refractivity contribution in [2.24, 2.45) is 0 Å². The Morgan fingerprint density at radius 3 is 0.562 bits per heavy atom. The molecule has 0 saturated heterocycles. The quantitative estimate of drug-likeness (QED) is 0.168. The number of benzene rings is 2. The third-order valence-electron chi connectivity index (χ3n) is 12.3. The van der Waals surface area contributed by atoms with Crippen LogP contribution in [0.2, 0.25) is 0 Å². The Morgan fingerprint density at radius 2 is 0.391 bits per heavy atom. The first-order chi connectivity index (χ1) is 31.8. The van der Waals surface area contributed by atoms with Crippen LogP contribution in [0.5, 0.6) is 0 Å². The van der Waals surface area contributed by atoms with Crippen molar-refractivity contribution in [1.29, 1.82) is 0 Å². The van der Waals surface area contributed by atoms with Crippen LogP contribution < -0.4 is 0 Å². The fourth-order valence-electron chi connectivity index (χ4n) is 9.75. The maximum absolute atomic E-state index is 4.84. The van der Waals surface area contributed by atoms with E-state index in [9.17, 15) is 0 Å². The maximum atomic E-state index is 4.84. The van der Waals surface area contributed by atoms with Gasteiger partial charge in [-0.05, 0) is 145 Å². The minimum absolute atomic E-state index is 0.835. The van der Waals surface area contributed by atoms with E-state index >= 15 is 0 Å². The highest BCUT2D eigenvalue weighted by Gasteiger charge is 2.22. The van der Waals surface area contributed by atoms with Crippen LogP contribution in [0.25, 0.3) is 122 Å². The predicted octanol–water partition coefficient (Wildman–Crippen LogP) is 10.9. The fraction of sp³-hybridized carbons (Fsp3) is 0. The fourth-order valence-corrected chi connectivity index (χ4v) is 9.75. The Bertz CT molecular complexity index is 3480. The smallest absolute Gasteiger partial charge is 0.115 e. The van der Waals surface area contributed by atoms with Crippen LogP contribution in [0.1, 0.15) is 0 Å². The molecule has 14 aromatic rings. The minimum Gasteiger partial charge on any atom is -0.306 e. The van der Waals surface area contributed by atoms with E-state index in [1.54, 1.807) is 0 Å². The van der Waals surface area contributed by atoms with E-state index in [0.29, 0.717) is 0 Å². The lowest BCUT2D eigenvalue weighted by Gasteiger charge is -2.18. The molecule has 12 nitrogen and oxygen atoms in total. The second kappa shape index (κ2) is 13.2. The molecule has 0 unspecified atom stereocenters. The molecule has 0 aliphatic rings. The lowest BCUT2D eigenvalue weighted by atomic mass is 10.0. The third-order valence-corrected chi connectivity index (χ3v) is 12.3. The zero-order valence-corrected chi connectivity index (χ0v) is 33.7. The van der Waals surface area contributed by atoms with Gasteiger partial charge in [-0.3, -0.25) is 39.9 Å². The zero-order valence-electron chi connectivity index (χ0n) is 33.7. The Hall–Kier alpha value is -9.16. The normalized spacial score (nSPS) is 12.1. The molecule has 0 atom stereocenters. The maximum Gasteiger partial charge on any atom is 0.115 e. The largest absolute Gasteiger partial charge is 0.306 e. The molecule has 0 saturated carbocycles. The van der Waals surface area contributed by atoms with Gasteiger partial charge in [-0.2, -0.15) is 0 Å². The highest BCUT2D eigenvalue weighted by Crippen LogP contribution is 2.40. The summed E-state index contributed by atoms with van der Waals surface area (Å²) in [5.74, 6) is 0. The summed E-state index contributed by atoms with van der Waals surface area (Å²) in [5.41, 5.74) is 20.0. The van der Waals surface area contributed by atoms with Gasteiger partial charge in [0.15, 0.2) is 0 Å². The molecule has 0 radical (unpaired) electrons. The molecule has 12 aromatic heterocycles. The molecule has 12 heteroatoms. The van der Waals surface area contributed by atoms with Gasteiger partial charge in [0.25, 0.3) is 0 Å². The van der Waals surface area contributed by atoms with Gasteiger partial charge in [0.2, 0.25) is 0 Å². The van der Waals surface area contributed by atoms with E-state index < -0.39 is 0 Å². The molecule has 0 N–H and O–H groups in total. The number of hydrogen-bond donors (Lipinski definition) is 0. The molecule has 64 heavy (non-hydrogen) atoms. The van der Waals surface area contributed by atoms with E-state index in [1.165, 1.54) is 0 Å². The molecule has 14 rings (SSSR count). The molecule has 0 aliphatic carbocycles. The average molecular weight is 823 g/mol. The molecule has 298 valence electrons. The summed E-state index contributed by atoms with van der Waals surface area (Å²) in [6, 6.07) is 46.2. The average Bonchev–Trinajstić information content (AvgIpc) is 4.09. The van der Waals surface area contributed by atoms with Crippen LogP contribution in [0.15, 0.2) is 183 Å². The Balaban J connectivity index is 1.13. The van der Waals surface area contributed by atoms with Gasteiger partial charge < -0.3 is 18.3 Å². The molecule has 12 heterocycles. The van der Waals surface area contributed by atoms with E-state index in [-0.39, 0.29) is 0 Å². The lowest BCUT2D eigenvalue weighted by molar-refractivity contribution is 1.12. The van der Waals surface area contributed by atoms with Gasteiger partial charge in [0.05, 0.1) is 44.1 Å². The van der Waals surface area contributed by atoms with E-state index in [2.05, 4.69) is 103 Å². The number of hydrogen-bond acceptors (Lipinski definition) is 8.